The van der Waals surface area contributed by atoms with Gasteiger partial charge in [-0.15, -0.1) is 0 Å². The minimum atomic E-state index is -0.358. The SMILES string of the molecule is Cn1nc(Cl)c2ccc(C(N)CO)cc21. The first kappa shape index (κ1) is 10.4. The summed E-state index contributed by atoms with van der Waals surface area (Å²) in [5.74, 6) is 0. The third kappa shape index (κ3) is 1.71. The molecule has 0 aliphatic heterocycles. The second-order valence-corrected chi connectivity index (χ2v) is 3.84. The maximum Gasteiger partial charge on any atom is 0.158 e. The number of benzene rings is 1. The van der Waals surface area contributed by atoms with E-state index in [1.165, 1.54) is 0 Å². The van der Waals surface area contributed by atoms with Gasteiger partial charge in [-0.3, -0.25) is 4.68 Å². The molecule has 0 radical (unpaired) electrons. The predicted octanol–water partition coefficient (Wildman–Crippen LogP) is 1.22. The molecule has 80 valence electrons. The third-order valence-corrected chi connectivity index (χ3v) is 2.73. The van der Waals surface area contributed by atoms with Crippen LogP contribution in [0.15, 0.2) is 18.2 Å². The molecule has 0 aliphatic rings. The highest BCUT2D eigenvalue weighted by atomic mass is 35.5. The molecule has 0 saturated carbocycles. The summed E-state index contributed by atoms with van der Waals surface area (Å²) >= 11 is 5.93. The smallest absolute Gasteiger partial charge is 0.158 e. The molecule has 1 heterocycles. The average molecular weight is 226 g/mol. The first-order valence-corrected chi connectivity index (χ1v) is 5.00. The number of hydrogen-bond donors (Lipinski definition) is 2. The molecule has 15 heavy (non-hydrogen) atoms. The van der Waals surface area contributed by atoms with E-state index in [1.54, 1.807) is 4.68 Å². The van der Waals surface area contributed by atoms with Crippen LogP contribution in [0.2, 0.25) is 5.15 Å². The Balaban J connectivity index is 2.60. The molecule has 0 amide bonds. The van der Waals surface area contributed by atoms with E-state index in [1.807, 2.05) is 25.2 Å². The highest BCUT2D eigenvalue weighted by molar-refractivity contribution is 6.34. The Labute approximate surface area is 92.3 Å². The quantitative estimate of drug-likeness (QED) is 0.808. The zero-order chi connectivity index (χ0) is 11.0. The molecule has 0 aliphatic carbocycles. The Bertz CT molecular complexity index is 495. The number of rotatable bonds is 2. The van der Waals surface area contributed by atoms with Crippen LogP contribution >= 0.6 is 11.6 Å². The van der Waals surface area contributed by atoms with Crippen molar-refractivity contribution in [3.05, 3.63) is 28.9 Å². The van der Waals surface area contributed by atoms with Crippen molar-refractivity contribution in [2.24, 2.45) is 12.8 Å². The van der Waals surface area contributed by atoms with Crippen molar-refractivity contribution in [1.29, 1.82) is 0 Å². The zero-order valence-electron chi connectivity index (χ0n) is 8.31. The molecule has 2 rings (SSSR count). The van der Waals surface area contributed by atoms with Crippen molar-refractivity contribution in [3.8, 4) is 0 Å². The summed E-state index contributed by atoms with van der Waals surface area (Å²) in [4.78, 5) is 0. The van der Waals surface area contributed by atoms with E-state index >= 15 is 0 Å². The van der Waals surface area contributed by atoms with Crippen LogP contribution in [0.3, 0.4) is 0 Å². The molecule has 1 unspecified atom stereocenters. The van der Waals surface area contributed by atoms with Crippen LogP contribution < -0.4 is 5.73 Å². The summed E-state index contributed by atoms with van der Waals surface area (Å²) in [5.41, 5.74) is 7.53. The summed E-state index contributed by atoms with van der Waals surface area (Å²) in [6.45, 7) is -0.0723. The minimum Gasteiger partial charge on any atom is -0.394 e. The first-order valence-electron chi connectivity index (χ1n) is 4.62. The number of aliphatic hydroxyl groups excluding tert-OH is 1. The Morgan fingerprint density at radius 3 is 3.00 bits per heavy atom. The van der Waals surface area contributed by atoms with E-state index in [4.69, 9.17) is 22.4 Å². The number of fused-ring (bicyclic) bond motifs is 1. The predicted molar refractivity (Wildman–Crippen MR) is 59.7 cm³/mol. The fourth-order valence-corrected chi connectivity index (χ4v) is 1.84. The van der Waals surface area contributed by atoms with Crippen molar-refractivity contribution in [3.63, 3.8) is 0 Å². The maximum atomic E-state index is 8.96. The fraction of sp³-hybridized carbons (Fsp3) is 0.300. The summed E-state index contributed by atoms with van der Waals surface area (Å²) in [5, 5.41) is 14.4. The number of aromatic nitrogens is 2. The summed E-state index contributed by atoms with van der Waals surface area (Å²) in [7, 11) is 1.82. The number of nitrogens with two attached hydrogens (primary N) is 1. The van der Waals surface area contributed by atoms with Gasteiger partial charge in [-0.2, -0.15) is 5.10 Å². The topological polar surface area (TPSA) is 64.1 Å². The number of nitrogens with zero attached hydrogens (tertiary/aromatic N) is 2. The van der Waals surface area contributed by atoms with Crippen LogP contribution in [0.1, 0.15) is 11.6 Å². The van der Waals surface area contributed by atoms with E-state index in [0.717, 1.165) is 16.5 Å². The summed E-state index contributed by atoms with van der Waals surface area (Å²) < 4.78 is 1.70. The lowest BCUT2D eigenvalue weighted by Crippen LogP contribution is -2.14. The summed E-state index contributed by atoms with van der Waals surface area (Å²) in [6.07, 6.45) is 0. The Hall–Kier alpha value is -1.10. The van der Waals surface area contributed by atoms with Crippen LogP contribution in [0.25, 0.3) is 10.9 Å². The molecule has 3 N–H and O–H groups in total. The van der Waals surface area contributed by atoms with Gasteiger partial charge in [-0.05, 0) is 17.7 Å². The van der Waals surface area contributed by atoms with Crippen molar-refractivity contribution in [2.75, 3.05) is 6.61 Å². The minimum absolute atomic E-state index is 0.0723. The van der Waals surface area contributed by atoms with Gasteiger partial charge in [-0.1, -0.05) is 17.7 Å². The first-order chi connectivity index (χ1) is 7.13. The van der Waals surface area contributed by atoms with Crippen LogP contribution in [0, 0.1) is 0 Å². The largest absolute Gasteiger partial charge is 0.394 e. The number of aryl methyl sites for hydroxylation is 1. The van der Waals surface area contributed by atoms with Gasteiger partial charge in [0.1, 0.15) is 0 Å². The fourth-order valence-electron chi connectivity index (χ4n) is 1.57. The van der Waals surface area contributed by atoms with E-state index in [2.05, 4.69) is 5.10 Å². The number of aliphatic hydroxyl groups is 1. The van der Waals surface area contributed by atoms with Gasteiger partial charge in [0.15, 0.2) is 5.15 Å². The van der Waals surface area contributed by atoms with Gasteiger partial charge < -0.3 is 10.8 Å². The van der Waals surface area contributed by atoms with E-state index in [0.29, 0.717) is 5.15 Å². The Morgan fingerprint density at radius 2 is 2.33 bits per heavy atom. The highest BCUT2D eigenvalue weighted by Crippen LogP contribution is 2.24. The molecule has 1 atom stereocenters. The normalized spacial score (nSPS) is 13.3. The lowest BCUT2D eigenvalue weighted by Gasteiger charge is -2.08. The van der Waals surface area contributed by atoms with Crippen LogP contribution in [-0.4, -0.2) is 21.5 Å². The molecular weight excluding hydrogens is 214 g/mol. The van der Waals surface area contributed by atoms with Crippen LogP contribution in [0.4, 0.5) is 0 Å². The molecule has 1 aromatic heterocycles. The standard InChI is InChI=1S/C10H12ClN3O/c1-14-9-4-6(8(12)5-15)2-3-7(9)10(11)13-14/h2-4,8,15H,5,12H2,1H3. The Kier molecular flexibility index (Phi) is 2.65. The molecule has 0 saturated heterocycles. The van der Waals surface area contributed by atoms with E-state index in [-0.39, 0.29) is 12.6 Å². The van der Waals surface area contributed by atoms with Crippen molar-refractivity contribution in [1.82, 2.24) is 9.78 Å². The van der Waals surface area contributed by atoms with Crippen molar-refractivity contribution >= 4 is 22.5 Å². The number of halogens is 1. The molecule has 0 bridgehead atoms. The summed E-state index contributed by atoms with van der Waals surface area (Å²) in [6, 6.07) is 5.27. The monoisotopic (exact) mass is 225 g/mol. The van der Waals surface area contributed by atoms with Gasteiger partial charge in [0, 0.05) is 12.4 Å². The lowest BCUT2D eigenvalue weighted by atomic mass is 10.1. The molecule has 5 heteroatoms. The average Bonchev–Trinajstić information content (AvgIpc) is 2.53. The number of hydrogen-bond acceptors (Lipinski definition) is 3. The lowest BCUT2D eigenvalue weighted by molar-refractivity contribution is 0.268. The van der Waals surface area contributed by atoms with E-state index in [9.17, 15) is 0 Å². The van der Waals surface area contributed by atoms with Gasteiger partial charge in [0.2, 0.25) is 0 Å². The van der Waals surface area contributed by atoms with Crippen LogP contribution in [0.5, 0.6) is 0 Å². The van der Waals surface area contributed by atoms with Crippen molar-refractivity contribution in [2.45, 2.75) is 6.04 Å². The molecule has 0 spiro atoms. The van der Waals surface area contributed by atoms with Crippen LogP contribution in [-0.2, 0) is 7.05 Å². The molecule has 1 aromatic carbocycles. The van der Waals surface area contributed by atoms with Gasteiger partial charge in [-0.25, -0.2) is 0 Å². The highest BCUT2D eigenvalue weighted by Gasteiger charge is 2.10. The van der Waals surface area contributed by atoms with Gasteiger partial charge in [0.05, 0.1) is 18.2 Å². The third-order valence-electron chi connectivity index (χ3n) is 2.46. The zero-order valence-corrected chi connectivity index (χ0v) is 9.07. The second-order valence-electron chi connectivity index (χ2n) is 3.48. The second kappa shape index (κ2) is 3.81. The Morgan fingerprint density at radius 1 is 1.60 bits per heavy atom. The molecule has 0 fully saturated rings. The van der Waals surface area contributed by atoms with Crippen molar-refractivity contribution < 1.29 is 5.11 Å². The van der Waals surface area contributed by atoms with E-state index < -0.39 is 0 Å². The molecule has 2 aromatic rings. The molecule has 4 nitrogen and oxygen atoms in total. The molecular formula is C10H12ClN3O. The maximum absolute atomic E-state index is 8.96. The van der Waals surface area contributed by atoms with Gasteiger partial charge in [0.25, 0.3) is 0 Å². The van der Waals surface area contributed by atoms with Gasteiger partial charge >= 0.3 is 0 Å².